The van der Waals surface area contributed by atoms with E-state index in [0.717, 1.165) is 11.1 Å². The molecule has 0 spiro atoms. The molecule has 0 heterocycles. The topological polar surface area (TPSA) is 84.5 Å². The minimum atomic E-state index is -0.650. The fourth-order valence-electron chi connectivity index (χ4n) is 2.26. The third kappa shape index (κ3) is 6.55. The van der Waals surface area contributed by atoms with Gasteiger partial charge in [-0.2, -0.15) is 0 Å². The van der Waals surface area contributed by atoms with Gasteiger partial charge in [-0.15, -0.1) is 0 Å². The maximum Gasteiger partial charge on any atom is 0.306 e. The first-order valence-electron chi connectivity index (χ1n) is 8.53. The molecule has 2 rings (SSSR count). The molecule has 0 aliphatic carbocycles. The molecular formula is C20H20Cl2N2O4. The van der Waals surface area contributed by atoms with E-state index < -0.39 is 24.4 Å². The second-order valence-corrected chi connectivity index (χ2v) is 6.94. The summed E-state index contributed by atoms with van der Waals surface area (Å²) >= 11 is 11.9. The molecule has 0 bridgehead atoms. The molecule has 0 aromatic heterocycles. The lowest BCUT2D eigenvalue weighted by Gasteiger charge is -2.09. The fourth-order valence-corrected chi connectivity index (χ4v) is 2.61. The van der Waals surface area contributed by atoms with Gasteiger partial charge in [0.15, 0.2) is 6.61 Å². The zero-order valence-electron chi connectivity index (χ0n) is 15.5. The van der Waals surface area contributed by atoms with Crippen LogP contribution < -0.4 is 10.6 Å². The van der Waals surface area contributed by atoms with Crippen molar-refractivity contribution in [2.75, 3.05) is 17.2 Å². The Morgan fingerprint density at radius 2 is 1.68 bits per heavy atom. The van der Waals surface area contributed by atoms with E-state index in [1.54, 1.807) is 24.3 Å². The molecule has 0 unspecified atom stereocenters. The highest BCUT2D eigenvalue weighted by molar-refractivity contribution is 6.44. The molecule has 0 saturated carbocycles. The average Bonchev–Trinajstić information content (AvgIpc) is 2.65. The van der Waals surface area contributed by atoms with Gasteiger partial charge in [-0.05, 0) is 49.2 Å². The van der Waals surface area contributed by atoms with Gasteiger partial charge in [0.05, 0.1) is 22.2 Å². The minimum Gasteiger partial charge on any atom is -0.456 e. The zero-order chi connectivity index (χ0) is 20.7. The van der Waals surface area contributed by atoms with Crippen molar-refractivity contribution in [2.45, 2.75) is 26.7 Å². The Bertz CT molecular complexity index is 900. The first-order chi connectivity index (χ1) is 13.3. The first kappa shape index (κ1) is 21.7. The summed E-state index contributed by atoms with van der Waals surface area (Å²) in [5.74, 6) is -1.52. The molecule has 0 saturated heterocycles. The highest BCUT2D eigenvalue weighted by Crippen LogP contribution is 2.29. The van der Waals surface area contributed by atoms with E-state index in [0.29, 0.717) is 16.4 Å². The molecule has 0 radical (unpaired) electrons. The first-order valence-corrected chi connectivity index (χ1v) is 9.28. The van der Waals surface area contributed by atoms with Crippen LogP contribution in [0.5, 0.6) is 0 Å². The smallest absolute Gasteiger partial charge is 0.306 e. The van der Waals surface area contributed by atoms with E-state index >= 15 is 0 Å². The predicted molar refractivity (Wildman–Crippen MR) is 110 cm³/mol. The van der Waals surface area contributed by atoms with Crippen LogP contribution in [0.15, 0.2) is 36.4 Å². The largest absolute Gasteiger partial charge is 0.456 e. The van der Waals surface area contributed by atoms with Gasteiger partial charge >= 0.3 is 5.97 Å². The van der Waals surface area contributed by atoms with Crippen LogP contribution in [0, 0.1) is 13.8 Å². The fraction of sp³-hybridized carbons (Fsp3) is 0.250. The third-order valence-electron chi connectivity index (χ3n) is 3.94. The number of halogens is 2. The van der Waals surface area contributed by atoms with Gasteiger partial charge in [0.25, 0.3) is 5.91 Å². The second-order valence-electron chi connectivity index (χ2n) is 6.16. The number of ether oxygens (including phenoxy) is 1. The van der Waals surface area contributed by atoms with E-state index in [4.69, 9.17) is 27.9 Å². The number of amides is 2. The number of aryl methyl sites for hydroxylation is 2. The number of hydrogen-bond donors (Lipinski definition) is 2. The highest BCUT2D eigenvalue weighted by atomic mass is 35.5. The molecule has 2 amide bonds. The Balaban J connectivity index is 1.73. The van der Waals surface area contributed by atoms with Crippen LogP contribution in [0.2, 0.25) is 10.0 Å². The third-order valence-corrected chi connectivity index (χ3v) is 4.76. The van der Waals surface area contributed by atoms with Crippen LogP contribution in [0.4, 0.5) is 11.4 Å². The van der Waals surface area contributed by atoms with Crippen molar-refractivity contribution in [2.24, 2.45) is 0 Å². The van der Waals surface area contributed by atoms with E-state index in [9.17, 15) is 14.4 Å². The second kappa shape index (κ2) is 10.1. The normalized spacial score (nSPS) is 10.3. The molecular weight excluding hydrogens is 403 g/mol. The lowest BCUT2D eigenvalue weighted by atomic mass is 10.1. The molecule has 2 aromatic carbocycles. The number of nitrogens with one attached hydrogen (secondary N) is 2. The van der Waals surface area contributed by atoms with Gasteiger partial charge in [0.1, 0.15) is 0 Å². The van der Waals surface area contributed by atoms with Gasteiger partial charge in [0.2, 0.25) is 5.91 Å². The quantitative estimate of drug-likeness (QED) is 0.642. The van der Waals surface area contributed by atoms with Crippen LogP contribution >= 0.6 is 23.2 Å². The molecule has 28 heavy (non-hydrogen) atoms. The zero-order valence-corrected chi connectivity index (χ0v) is 17.0. The van der Waals surface area contributed by atoms with Crippen molar-refractivity contribution in [3.8, 4) is 0 Å². The molecule has 148 valence electrons. The Kier molecular flexibility index (Phi) is 7.84. The minimum absolute atomic E-state index is 0.111. The van der Waals surface area contributed by atoms with Crippen LogP contribution in [0.3, 0.4) is 0 Å². The highest BCUT2D eigenvalue weighted by Gasteiger charge is 2.13. The summed E-state index contributed by atoms with van der Waals surface area (Å²) in [4.78, 5) is 35.5. The van der Waals surface area contributed by atoms with E-state index in [-0.39, 0.29) is 17.9 Å². The van der Waals surface area contributed by atoms with Gasteiger partial charge < -0.3 is 15.4 Å². The van der Waals surface area contributed by atoms with Crippen LogP contribution in [-0.2, 0) is 19.1 Å². The number of carbonyl (C=O) groups excluding carboxylic acids is 3. The predicted octanol–water partition coefficient (Wildman–Crippen LogP) is 4.51. The number of hydrogen-bond acceptors (Lipinski definition) is 4. The van der Waals surface area contributed by atoms with Crippen molar-refractivity contribution >= 4 is 52.4 Å². The van der Waals surface area contributed by atoms with Gasteiger partial charge in [-0.25, -0.2) is 0 Å². The van der Waals surface area contributed by atoms with Crippen LogP contribution in [-0.4, -0.2) is 24.4 Å². The maximum atomic E-state index is 11.9. The Labute approximate surface area is 173 Å². The molecule has 6 nitrogen and oxygen atoms in total. The summed E-state index contributed by atoms with van der Waals surface area (Å²) in [7, 11) is 0. The van der Waals surface area contributed by atoms with Gasteiger partial charge in [-0.1, -0.05) is 35.3 Å². The number of benzene rings is 2. The standard InChI is InChI=1S/C20H20Cl2N2O4/c1-12-6-7-14(10-13(12)2)23-18(26)11-28-19(27)9-8-17(25)24-16-5-3-4-15(21)20(16)22/h3-7,10H,8-9,11H2,1-2H3,(H,23,26)(H,24,25). The van der Waals surface area contributed by atoms with E-state index in [2.05, 4.69) is 10.6 Å². The van der Waals surface area contributed by atoms with Crippen molar-refractivity contribution < 1.29 is 19.1 Å². The number of rotatable bonds is 7. The summed E-state index contributed by atoms with van der Waals surface area (Å²) in [5, 5.41) is 5.76. The van der Waals surface area contributed by atoms with Crippen molar-refractivity contribution in [3.63, 3.8) is 0 Å². The molecule has 0 aliphatic heterocycles. The van der Waals surface area contributed by atoms with E-state index in [1.165, 1.54) is 0 Å². The van der Waals surface area contributed by atoms with Crippen molar-refractivity contribution in [3.05, 3.63) is 57.6 Å². The molecule has 0 aliphatic rings. The molecule has 0 atom stereocenters. The summed E-state index contributed by atoms with van der Waals surface area (Å²) in [5.41, 5.74) is 3.14. The summed E-state index contributed by atoms with van der Waals surface area (Å²) < 4.78 is 4.90. The molecule has 0 fully saturated rings. The monoisotopic (exact) mass is 422 g/mol. The SMILES string of the molecule is Cc1ccc(NC(=O)COC(=O)CCC(=O)Nc2cccc(Cl)c2Cl)cc1C. The van der Waals surface area contributed by atoms with E-state index in [1.807, 2.05) is 26.0 Å². The maximum absolute atomic E-state index is 11.9. The van der Waals surface area contributed by atoms with Crippen LogP contribution in [0.1, 0.15) is 24.0 Å². The Morgan fingerprint density at radius 3 is 2.39 bits per heavy atom. The Morgan fingerprint density at radius 1 is 0.929 bits per heavy atom. The van der Waals surface area contributed by atoms with Gasteiger partial charge in [0, 0.05) is 12.1 Å². The van der Waals surface area contributed by atoms with Crippen molar-refractivity contribution in [1.82, 2.24) is 0 Å². The number of esters is 1. The van der Waals surface area contributed by atoms with Crippen molar-refractivity contribution in [1.29, 1.82) is 0 Å². The molecule has 2 aromatic rings. The summed E-state index contributed by atoms with van der Waals surface area (Å²) in [6.45, 7) is 3.49. The van der Waals surface area contributed by atoms with Gasteiger partial charge in [-0.3, -0.25) is 14.4 Å². The summed E-state index contributed by atoms with van der Waals surface area (Å²) in [6, 6.07) is 10.3. The lowest BCUT2D eigenvalue weighted by Crippen LogP contribution is -2.22. The molecule has 2 N–H and O–H groups in total. The van der Waals surface area contributed by atoms with Crippen LogP contribution in [0.25, 0.3) is 0 Å². The Hall–Kier alpha value is -2.57. The lowest BCUT2D eigenvalue weighted by molar-refractivity contribution is -0.147. The number of carbonyl (C=O) groups is 3. The molecule has 8 heteroatoms. The summed E-state index contributed by atoms with van der Waals surface area (Å²) in [6.07, 6.45) is -0.276. The average molecular weight is 423 g/mol. The number of anilines is 2.